The first-order valence-corrected chi connectivity index (χ1v) is 11.7. The van der Waals surface area contributed by atoms with E-state index in [9.17, 15) is 10.2 Å². The number of rotatable bonds is 4. The van der Waals surface area contributed by atoms with E-state index in [1.165, 1.54) is 5.57 Å². The summed E-state index contributed by atoms with van der Waals surface area (Å²) in [5, 5.41) is 33.1. The summed E-state index contributed by atoms with van der Waals surface area (Å²) in [7, 11) is 0. The largest absolute Gasteiger partial charge is 0.472 e. The number of hydrogen-bond donors (Lipinski definition) is 3. The van der Waals surface area contributed by atoms with E-state index in [0.717, 1.165) is 44.1 Å². The minimum absolute atomic E-state index is 0.0623. The molecule has 5 heteroatoms. The maximum absolute atomic E-state index is 12.2. The first kappa shape index (κ1) is 20.7. The maximum atomic E-state index is 12.2. The number of hydrogen-bond acceptors (Lipinski definition) is 5. The predicted molar refractivity (Wildman–Crippen MR) is 113 cm³/mol. The molecule has 2 unspecified atom stereocenters. The lowest BCUT2D eigenvalue weighted by Crippen LogP contribution is -2.63. The number of ether oxygens (including phenoxy) is 1. The Balaban J connectivity index is 1.46. The van der Waals surface area contributed by atoms with Gasteiger partial charge >= 0.3 is 0 Å². The summed E-state index contributed by atoms with van der Waals surface area (Å²) in [5.74, 6) is 0.635. The van der Waals surface area contributed by atoms with Crippen molar-refractivity contribution in [2.24, 2.45) is 22.7 Å². The number of fused-ring (bicyclic) bond motifs is 5. The van der Waals surface area contributed by atoms with Gasteiger partial charge in [0.1, 0.15) is 5.60 Å². The minimum Gasteiger partial charge on any atom is -0.472 e. The summed E-state index contributed by atoms with van der Waals surface area (Å²) in [5.41, 5.74) is -0.0797. The van der Waals surface area contributed by atoms with Crippen LogP contribution in [-0.4, -0.2) is 40.2 Å². The molecule has 166 valence electrons. The molecule has 0 aliphatic heterocycles. The second-order valence-electron chi connectivity index (χ2n) is 10.7. The molecule has 0 aromatic carbocycles. The third-order valence-electron chi connectivity index (χ3n) is 9.82. The molecule has 0 amide bonds. The SMILES string of the molecule is C[C@]12CCC(OCCO)C=C1CC[C@@H]1[C@H]2CC[C@]2(C)C(O)(c3ccoc3)CC[C@@]12O. The molecule has 0 radical (unpaired) electrons. The fourth-order valence-corrected chi connectivity index (χ4v) is 7.98. The quantitative estimate of drug-likeness (QED) is 0.648. The predicted octanol–water partition coefficient (Wildman–Crippen LogP) is 3.92. The molecule has 0 bridgehead atoms. The summed E-state index contributed by atoms with van der Waals surface area (Å²) >= 11 is 0. The Morgan fingerprint density at radius 2 is 1.90 bits per heavy atom. The molecule has 5 rings (SSSR count). The highest BCUT2D eigenvalue weighted by Gasteiger charge is 2.71. The Morgan fingerprint density at radius 1 is 1.07 bits per heavy atom. The molecule has 3 N–H and O–H groups in total. The molecule has 1 aromatic rings. The molecule has 5 nitrogen and oxygen atoms in total. The number of furan rings is 1. The normalized spacial score (nSPS) is 47.9. The van der Waals surface area contributed by atoms with Crippen molar-refractivity contribution >= 4 is 0 Å². The Kier molecular flexibility index (Phi) is 4.79. The van der Waals surface area contributed by atoms with Crippen molar-refractivity contribution in [1.29, 1.82) is 0 Å². The van der Waals surface area contributed by atoms with Gasteiger partial charge in [0, 0.05) is 11.0 Å². The second kappa shape index (κ2) is 6.93. The van der Waals surface area contributed by atoms with Crippen LogP contribution in [0, 0.1) is 22.7 Å². The van der Waals surface area contributed by atoms with E-state index < -0.39 is 16.6 Å². The average Bonchev–Trinajstić information content (AvgIpc) is 3.34. The van der Waals surface area contributed by atoms with Gasteiger partial charge in [0.25, 0.3) is 0 Å². The average molecular weight is 417 g/mol. The van der Waals surface area contributed by atoms with Gasteiger partial charge in [0.15, 0.2) is 0 Å². The van der Waals surface area contributed by atoms with Gasteiger partial charge in [0.05, 0.1) is 37.4 Å². The van der Waals surface area contributed by atoms with Crippen LogP contribution in [0.4, 0.5) is 0 Å². The Labute approximate surface area is 179 Å². The molecule has 3 fully saturated rings. The number of aliphatic hydroxyl groups excluding tert-OH is 1. The minimum atomic E-state index is -1.04. The van der Waals surface area contributed by atoms with Crippen LogP contribution in [-0.2, 0) is 10.3 Å². The molecule has 0 spiro atoms. The van der Waals surface area contributed by atoms with Gasteiger partial charge in [-0.1, -0.05) is 25.5 Å². The van der Waals surface area contributed by atoms with Crippen LogP contribution in [0.5, 0.6) is 0 Å². The number of aliphatic hydroxyl groups is 3. The fourth-order valence-electron chi connectivity index (χ4n) is 7.98. The third kappa shape index (κ3) is 2.55. The van der Waals surface area contributed by atoms with Gasteiger partial charge in [-0.05, 0) is 74.7 Å². The summed E-state index contributed by atoms with van der Waals surface area (Å²) in [6, 6.07) is 1.86. The molecule has 7 atom stereocenters. The molecule has 3 saturated carbocycles. The second-order valence-corrected chi connectivity index (χ2v) is 10.7. The number of allylic oxidation sites excluding steroid dienone is 1. The lowest BCUT2D eigenvalue weighted by Gasteiger charge is -2.62. The molecule has 4 aliphatic carbocycles. The Morgan fingerprint density at radius 3 is 2.63 bits per heavy atom. The van der Waals surface area contributed by atoms with Gasteiger partial charge < -0.3 is 24.5 Å². The highest BCUT2D eigenvalue weighted by molar-refractivity contribution is 5.33. The van der Waals surface area contributed by atoms with Crippen LogP contribution in [0.2, 0.25) is 0 Å². The molecule has 4 aliphatic rings. The van der Waals surface area contributed by atoms with E-state index in [4.69, 9.17) is 14.3 Å². The topological polar surface area (TPSA) is 83.1 Å². The summed E-state index contributed by atoms with van der Waals surface area (Å²) in [6.07, 6.45) is 12.7. The van der Waals surface area contributed by atoms with Crippen LogP contribution < -0.4 is 0 Å². The molecule has 1 heterocycles. The van der Waals surface area contributed by atoms with Crippen LogP contribution in [0.1, 0.15) is 70.8 Å². The third-order valence-corrected chi connectivity index (χ3v) is 9.82. The van der Waals surface area contributed by atoms with Crippen LogP contribution >= 0.6 is 0 Å². The van der Waals surface area contributed by atoms with Crippen molar-refractivity contribution < 1.29 is 24.5 Å². The van der Waals surface area contributed by atoms with Gasteiger partial charge in [-0.2, -0.15) is 0 Å². The van der Waals surface area contributed by atoms with E-state index in [0.29, 0.717) is 25.4 Å². The smallest absolute Gasteiger partial charge is 0.101 e. The lowest BCUT2D eigenvalue weighted by molar-refractivity contribution is -0.222. The highest BCUT2D eigenvalue weighted by Crippen LogP contribution is 2.71. The van der Waals surface area contributed by atoms with E-state index in [-0.39, 0.29) is 24.0 Å². The molecule has 0 saturated heterocycles. The standard InChI is InChI=1S/C25H36O5/c1-22-8-5-19(30-14-12-26)15-17(22)3-4-21-20(22)6-9-23(2)24(27,10-11-25(21,23)28)18-7-13-29-16-18/h7,13,15-16,19-21,26-28H,3-6,8-12,14H2,1-2H3/t19?,20-,21-,22+,23-,24?,25-/m1/s1. The molecular formula is C25H36O5. The van der Waals surface area contributed by atoms with Gasteiger partial charge in [-0.15, -0.1) is 0 Å². The van der Waals surface area contributed by atoms with Crippen LogP contribution in [0.3, 0.4) is 0 Å². The van der Waals surface area contributed by atoms with E-state index >= 15 is 0 Å². The highest BCUT2D eigenvalue weighted by atomic mass is 16.5. The van der Waals surface area contributed by atoms with Crippen molar-refractivity contribution in [3.8, 4) is 0 Å². The van der Waals surface area contributed by atoms with Crippen molar-refractivity contribution in [3.63, 3.8) is 0 Å². The first-order valence-electron chi connectivity index (χ1n) is 11.7. The lowest BCUT2D eigenvalue weighted by atomic mass is 9.44. The summed E-state index contributed by atoms with van der Waals surface area (Å²) < 4.78 is 11.1. The summed E-state index contributed by atoms with van der Waals surface area (Å²) in [4.78, 5) is 0. The zero-order chi connectivity index (χ0) is 21.2. The maximum Gasteiger partial charge on any atom is 0.101 e. The van der Waals surface area contributed by atoms with Crippen molar-refractivity contribution in [3.05, 3.63) is 35.8 Å². The van der Waals surface area contributed by atoms with Gasteiger partial charge in [0.2, 0.25) is 0 Å². The zero-order valence-electron chi connectivity index (χ0n) is 18.3. The van der Waals surface area contributed by atoms with Gasteiger partial charge in [-0.25, -0.2) is 0 Å². The Hall–Kier alpha value is -1.14. The fraction of sp³-hybridized carbons (Fsp3) is 0.760. The van der Waals surface area contributed by atoms with Crippen molar-refractivity contribution in [1.82, 2.24) is 0 Å². The van der Waals surface area contributed by atoms with Crippen LogP contribution in [0.15, 0.2) is 34.7 Å². The first-order chi connectivity index (χ1) is 14.3. The van der Waals surface area contributed by atoms with E-state index in [1.54, 1.807) is 12.5 Å². The van der Waals surface area contributed by atoms with Crippen molar-refractivity contribution in [2.75, 3.05) is 13.2 Å². The molecule has 30 heavy (non-hydrogen) atoms. The van der Waals surface area contributed by atoms with E-state index in [1.807, 2.05) is 6.07 Å². The van der Waals surface area contributed by atoms with Crippen molar-refractivity contribution in [2.45, 2.75) is 82.5 Å². The van der Waals surface area contributed by atoms with Crippen LogP contribution in [0.25, 0.3) is 0 Å². The van der Waals surface area contributed by atoms with E-state index in [2.05, 4.69) is 19.9 Å². The molecule has 1 aromatic heterocycles. The summed E-state index contributed by atoms with van der Waals surface area (Å²) in [6.45, 7) is 4.95. The molecular weight excluding hydrogens is 380 g/mol. The zero-order valence-corrected chi connectivity index (χ0v) is 18.3. The monoisotopic (exact) mass is 416 g/mol. The Bertz CT molecular complexity index is 818. The van der Waals surface area contributed by atoms with Gasteiger partial charge in [-0.3, -0.25) is 0 Å².